The van der Waals surface area contributed by atoms with Gasteiger partial charge in [0.1, 0.15) is 0 Å². The van der Waals surface area contributed by atoms with Gasteiger partial charge in [-0.05, 0) is 44.6 Å². The normalized spacial score (nSPS) is 38.0. The first-order valence-electron chi connectivity index (χ1n) is 5.29. The van der Waals surface area contributed by atoms with Gasteiger partial charge < -0.3 is 10.1 Å². The van der Waals surface area contributed by atoms with Gasteiger partial charge in [-0.15, -0.1) is 0 Å². The highest BCUT2D eigenvalue weighted by atomic mass is 16.5. The van der Waals surface area contributed by atoms with Gasteiger partial charge in [0.2, 0.25) is 0 Å². The second-order valence-corrected chi connectivity index (χ2v) is 4.01. The van der Waals surface area contributed by atoms with E-state index in [-0.39, 0.29) is 0 Å². The molecule has 2 nitrogen and oxygen atoms in total. The van der Waals surface area contributed by atoms with E-state index in [0.717, 1.165) is 12.5 Å². The fourth-order valence-corrected chi connectivity index (χ4v) is 2.33. The Morgan fingerprint density at radius 1 is 1.08 bits per heavy atom. The minimum atomic E-state index is 0.576. The summed E-state index contributed by atoms with van der Waals surface area (Å²) in [5.41, 5.74) is 0. The Bertz CT molecular complexity index is 110. The van der Waals surface area contributed by atoms with Gasteiger partial charge >= 0.3 is 0 Å². The average Bonchev–Trinajstić information content (AvgIpc) is 2.21. The lowest BCUT2D eigenvalue weighted by molar-refractivity contribution is -0.0265. The van der Waals surface area contributed by atoms with Crippen molar-refractivity contribution in [3.8, 4) is 0 Å². The molecule has 0 aliphatic carbocycles. The second kappa shape index (κ2) is 4.24. The zero-order chi connectivity index (χ0) is 8.23. The Kier molecular flexibility index (Phi) is 3.01. The summed E-state index contributed by atoms with van der Waals surface area (Å²) in [6, 6.07) is 0. The molecular weight excluding hydrogens is 150 g/mol. The van der Waals surface area contributed by atoms with Gasteiger partial charge in [0.25, 0.3) is 0 Å². The van der Waals surface area contributed by atoms with E-state index in [2.05, 4.69) is 5.32 Å². The zero-order valence-corrected chi connectivity index (χ0v) is 7.72. The number of nitrogens with one attached hydrogen (secondary N) is 1. The molecule has 2 heterocycles. The van der Waals surface area contributed by atoms with Gasteiger partial charge in [-0.1, -0.05) is 0 Å². The summed E-state index contributed by atoms with van der Waals surface area (Å²) in [5, 5.41) is 3.45. The highest BCUT2D eigenvalue weighted by Gasteiger charge is 2.25. The SMILES string of the molecule is C1CC[C@@H]([C@@H]2CCCNC2)OC1. The van der Waals surface area contributed by atoms with Crippen molar-refractivity contribution < 1.29 is 4.74 Å². The van der Waals surface area contributed by atoms with Crippen LogP contribution in [0.2, 0.25) is 0 Å². The molecule has 0 spiro atoms. The van der Waals surface area contributed by atoms with Crippen LogP contribution >= 0.6 is 0 Å². The highest BCUT2D eigenvalue weighted by molar-refractivity contribution is 4.78. The van der Waals surface area contributed by atoms with Crippen molar-refractivity contribution in [2.75, 3.05) is 19.7 Å². The van der Waals surface area contributed by atoms with E-state index in [1.165, 1.54) is 45.2 Å². The first-order valence-corrected chi connectivity index (χ1v) is 5.29. The van der Waals surface area contributed by atoms with Crippen LogP contribution in [0.1, 0.15) is 32.1 Å². The van der Waals surface area contributed by atoms with Gasteiger partial charge in [-0.3, -0.25) is 0 Å². The van der Waals surface area contributed by atoms with Crippen molar-refractivity contribution in [1.29, 1.82) is 0 Å². The van der Waals surface area contributed by atoms with Gasteiger partial charge in [0.05, 0.1) is 6.10 Å². The van der Waals surface area contributed by atoms with Crippen molar-refractivity contribution in [2.24, 2.45) is 5.92 Å². The van der Waals surface area contributed by atoms with Crippen LogP contribution in [0.4, 0.5) is 0 Å². The van der Waals surface area contributed by atoms with Gasteiger partial charge in [0, 0.05) is 13.2 Å². The fraction of sp³-hybridized carbons (Fsp3) is 1.00. The second-order valence-electron chi connectivity index (χ2n) is 4.01. The van der Waals surface area contributed by atoms with Crippen molar-refractivity contribution in [2.45, 2.75) is 38.2 Å². The van der Waals surface area contributed by atoms with Crippen LogP contribution in [0.15, 0.2) is 0 Å². The molecule has 2 aliphatic heterocycles. The van der Waals surface area contributed by atoms with Crippen molar-refractivity contribution in [1.82, 2.24) is 5.32 Å². The zero-order valence-electron chi connectivity index (χ0n) is 7.72. The van der Waals surface area contributed by atoms with Crippen LogP contribution < -0.4 is 5.32 Å². The number of hydrogen-bond donors (Lipinski definition) is 1. The van der Waals surface area contributed by atoms with Crippen LogP contribution in [0.3, 0.4) is 0 Å². The van der Waals surface area contributed by atoms with E-state index in [9.17, 15) is 0 Å². The molecule has 2 aliphatic rings. The molecule has 0 radical (unpaired) electrons. The van der Waals surface area contributed by atoms with Crippen LogP contribution in [-0.2, 0) is 4.74 Å². The predicted octanol–water partition coefficient (Wildman–Crippen LogP) is 1.56. The molecule has 2 fully saturated rings. The smallest absolute Gasteiger partial charge is 0.0615 e. The van der Waals surface area contributed by atoms with Crippen molar-refractivity contribution >= 4 is 0 Å². The molecule has 0 aromatic heterocycles. The third-order valence-electron chi connectivity index (χ3n) is 3.08. The first-order chi connectivity index (χ1) is 5.97. The quantitative estimate of drug-likeness (QED) is 0.643. The Morgan fingerprint density at radius 2 is 2.08 bits per heavy atom. The molecule has 2 rings (SSSR count). The molecule has 0 aromatic carbocycles. The largest absolute Gasteiger partial charge is 0.378 e. The van der Waals surface area contributed by atoms with Crippen LogP contribution in [-0.4, -0.2) is 25.8 Å². The van der Waals surface area contributed by atoms with E-state index >= 15 is 0 Å². The monoisotopic (exact) mass is 169 g/mol. The van der Waals surface area contributed by atoms with E-state index in [1.54, 1.807) is 0 Å². The molecular formula is C10H19NO. The van der Waals surface area contributed by atoms with Gasteiger partial charge in [0.15, 0.2) is 0 Å². The van der Waals surface area contributed by atoms with Gasteiger partial charge in [-0.2, -0.15) is 0 Å². The Labute approximate surface area is 74.7 Å². The third kappa shape index (κ3) is 1.99. The number of rotatable bonds is 1. The Hall–Kier alpha value is -0.0800. The number of hydrogen-bond acceptors (Lipinski definition) is 2. The third-order valence-corrected chi connectivity index (χ3v) is 3.08. The summed E-state index contributed by atoms with van der Waals surface area (Å²) in [5.74, 6) is 0.805. The average molecular weight is 169 g/mol. The first kappa shape index (κ1) is 8.52. The maximum atomic E-state index is 5.78. The minimum Gasteiger partial charge on any atom is -0.378 e. The standard InChI is InChI=1S/C10H19NO/c1-2-7-12-10(5-1)9-4-3-6-11-8-9/h9-11H,1-8H2/t9-,10+/m1/s1. The predicted molar refractivity (Wildman–Crippen MR) is 49.2 cm³/mol. The summed E-state index contributed by atoms with van der Waals surface area (Å²) >= 11 is 0. The summed E-state index contributed by atoms with van der Waals surface area (Å²) in [4.78, 5) is 0. The molecule has 70 valence electrons. The van der Waals surface area contributed by atoms with Gasteiger partial charge in [-0.25, -0.2) is 0 Å². The van der Waals surface area contributed by atoms with E-state index in [0.29, 0.717) is 6.10 Å². The maximum Gasteiger partial charge on any atom is 0.0615 e. The molecule has 0 amide bonds. The molecule has 0 saturated carbocycles. The molecule has 0 bridgehead atoms. The number of piperidine rings is 1. The van der Waals surface area contributed by atoms with Crippen molar-refractivity contribution in [3.05, 3.63) is 0 Å². The lowest BCUT2D eigenvalue weighted by Gasteiger charge is -2.33. The van der Waals surface area contributed by atoms with E-state index in [4.69, 9.17) is 4.74 Å². The maximum absolute atomic E-state index is 5.78. The molecule has 0 unspecified atom stereocenters. The molecule has 1 N–H and O–H groups in total. The van der Waals surface area contributed by atoms with E-state index in [1.807, 2.05) is 0 Å². The van der Waals surface area contributed by atoms with E-state index < -0.39 is 0 Å². The molecule has 2 atom stereocenters. The Morgan fingerprint density at radius 3 is 2.75 bits per heavy atom. The van der Waals surface area contributed by atoms with Crippen LogP contribution in [0.25, 0.3) is 0 Å². The minimum absolute atomic E-state index is 0.576. The Balaban J connectivity index is 1.80. The molecule has 12 heavy (non-hydrogen) atoms. The van der Waals surface area contributed by atoms with Crippen LogP contribution in [0, 0.1) is 5.92 Å². The summed E-state index contributed by atoms with van der Waals surface area (Å²) < 4.78 is 5.78. The lowest BCUT2D eigenvalue weighted by Crippen LogP contribution is -2.39. The fourth-order valence-electron chi connectivity index (χ4n) is 2.33. The highest BCUT2D eigenvalue weighted by Crippen LogP contribution is 2.24. The molecule has 2 heteroatoms. The summed E-state index contributed by atoms with van der Waals surface area (Å²) in [6.45, 7) is 3.40. The summed E-state index contributed by atoms with van der Waals surface area (Å²) in [6.07, 6.45) is 7.23. The van der Waals surface area contributed by atoms with Crippen molar-refractivity contribution in [3.63, 3.8) is 0 Å². The lowest BCUT2D eigenvalue weighted by atomic mass is 9.89. The number of ether oxygens (including phenoxy) is 1. The molecule has 2 saturated heterocycles. The summed E-state index contributed by atoms with van der Waals surface area (Å²) in [7, 11) is 0. The van der Waals surface area contributed by atoms with Crippen LogP contribution in [0.5, 0.6) is 0 Å². The topological polar surface area (TPSA) is 21.3 Å². The molecule has 0 aromatic rings.